The summed E-state index contributed by atoms with van der Waals surface area (Å²) in [5, 5.41) is 0. The fourth-order valence-electron chi connectivity index (χ4n) is 3.96. The molecule has 0 unspecified atom stereocenters. The summed E-state index contributed by atoms with van der Waals surface area (Å²) >= 11 is 3.62. The first kappa shape index (κ1) is 22.0. The van der Waals surface area contributed by atoms with E-state index in [2.05, 4.69) is 94.2 Å². The van der Waals surface area contributed by atoms with Crippen LogP contribution in [0.2, 0.25) is 0 Å². The molecule has 156 valence electrons. The highest BCUT2D eigenvalue weighted by Gasteiger charge is 2.31. The van der Waals surface area contributed by atoms with E-state index in [0.29, 0.717) is 19.2 Å². The van der Waals surface area contributed by atoms with E-state index in [0.717, 1.165) is 36.9 Å². The van der Waals surface area contributed by atoms with E-state index >= 15 is 0 Å². The van der Waals surface area contributed by atoms with Gasteiger partial charge in [0.2, 0.25) is 0 Å². The molecule has 0 bridgehead atoms. The number of esters is 1. The Labute approximate surface area is 183 Å². The highest BCUT2D eigenvalue weighted by atomic mass is 79.9. The molecule has 3 rings (SSSR count). The molecule has 0 radical (unpaired) electrons. The Balaban J connectivity index is 1.70. The largest absolute Gasteiger partial charge is 0.465 e. The van der Waals surface area contributed by atoms with Gasteiger partial charge in [-0.05, 0) is 36.6 Å². The molecule has 1 aliphatic heterocycles. The molecular weight excluding hydrogens is 428 g/mol. The Morgan fingerprint density at radius 2 is 1.90 bits per heavy atom. The first-order chi connectivity index (χ1) is 14.1. The van der Waals surface area contributed by atoms with Crippen LogP contribution in [0.15, 0.2) is 59.1 Å². The average Bonchev–Trinajstić information content (AvgIpc) is 2.71. The Bertz CT molecular complexity index is 783. The van der Waals surface area contributed by atoms with Gasteiger partial charge >= 0.3 is 5.97 Å². The van der Waals surface area contributed by atoms with E-state index in [9.17, 15) is 4.79 Å². The van der Waals surface area contributed by atoms with Gasteiger partial charge in [0.25, 0.3) is 0 Å². The minimum Gasteiger partial charge on any atom is -0.465 e. The van der Waals surface area contributed by atoms with Crippen molar-refractivity contribution in [2.45, 2.75) is 38.8 Å². The predicted octanol–water partition coefficient (Wildman–Crippen LogP) is 4.89. The van der Waals surface area contributed by atoms with E-state index in [4.69, 9.17) is 4.74 Å². The van der Waals surface area contributed by atoms with Gasteiger partial charge in [0, 0.05) is 30.1 Å². The van der Waals surface area contributed by atoms with Gasteiger partial charge in [-0.15, -0.1) is 0 Å². The number of halogens is 1. The number of nitrogens with zero attached hydrogens (tertiary/aromatic N) is 2. The Hall–Kier alpha value is -1.69. The van der Waals surface area contributed by atoms with Gasteiger partial charge in [-0.25, -0.2) is 0 Å². The summed E-state index contributed by atoms with van der Waals surface area (Å²) in [6, 6.07) is 19.7. The summed E-state index contributed by atoms with van der Waals surface area (Å²) in [6.07, 6.45) is 1.97. The SMILES string of the molecule is CCCCOC(=O)CN1CCN([C@H](c2ccccc2)c2cccc(Br)c2)C[C@H]1C. The number of hydrogen-bond donors (Lipinski definition) is 0. The molecule has 0 spiro atoms. The summed E-state index contributed by atoms with van der Waals surface area (Å²) in [5.74, 6) is -0.106. The minimum atomic E-state index is -0.106. The summed E-state index contributed by atoms with van der Waals surface area (Å²) in [4.78, 5) is 16.9. The molecule has 1 fully saturated rings. The van der Waals surface area contributed by atoms with Gasteiger partial charge in [0.05, 0.1) is 19.2 Å². The van der Waals surface area contributed by atoms with Crippen LogP contribution >= 0.6 is 15.9 Å². The molecule has 0 aliphatic carbocycles. The molecule has 5 heteroatoms. The number of unbranched alkanes of at least 4 members (excludes halogenated alkanes) is 1. The van der Waals surface area contributed by atoms with Crippen LogP contribution in [0.1, 0.15) is 43.9 Å². The Kier molecular flexibility index (Phi) is 8.28. The maximum absolute atomic E-state index is 12.1. The molecule has 0 amide bonds. The minimum absolute atomic E-state index is 0.106. The molecule has 4 nitrogen and oxygen atoms in total. The van der Waals surface area contributed by atoms with Crippen molar-refractivity contribution in [3.8, 4) is 0 Å². The molecule has 0 aromatic heterocycles. The maximum atomic E-state index is 12.1. The van der Waals surface area contributed by atoms with Crippen molar-refractivity contribution in [3.05, 3.63) is 70.2 Å². The van der Waals surface area contributed by atoms with E-state index in [1.54, 1.807) is 0 Å². The third-order valence-electron chi connectivity index (χ3n) is 5.53. The number of rotatable bonds is 8. The van der Waals surface area contributed by atoms with Crippen LogP contribution in [0.25, 0.3) is 0 Å². The number of hydrogen-bond acceptors (Lipinski definition) is 4. The van der Waals surface area contributed by atoms with Crippen molar-refractivity contribution < 1.29 is 9.53 Å². The molecule has 2 aromatic carbocycles. The normalized spacial score (nSPS) is 19.1. The maximum Gasteiger partial charge on any atom is 0.320 e. The summed E-state index contributed by atoms with van der Waals surface area (Å²) in [5.41, 5.74) is 2.58. The van der Waals surface area contributed by atoms with Gasteiger partial charge < -0.3 is 4.74 Å². The van der Waals surface area contributed by atoms with Crippen molar-refractivity contribution in [1.29, 1.82) is 0 Å². The second kappa shape index (κ2) is 10.9. The van der Waals surface area contributed by atoms with Crippen LogP contribution in [0.5, 0.6) is 0 Å². The second-order valence-electron chi connectivity index (χ2n) is 7.76. The van der Waals surface area contributed by atoms with E-state index in [-0.39, 0.29) is 12.0 Å². The van der Waals surface area contributed by atoms with Gasteiger partial charge in [0.15, 0.2) is 0 Å². The monoisotopic (exact) mass is 458 g/mol. The number of ether oxygens (including phenoxy) is 1. The number of piperazine rings is 1. The molecule has 1 heterocycles. The van der Waals surface area contributed by atoms with Crippen LogP contribution in [0, 0.1) is 0 Å². The lowest BCUT2D eigenvalue weighted by atomic mass is 9.95. The molecule has 1 saturated heterocycles. The van der Waals surface area contributed by atoms with Crippen molar-refractivity contribution in [2.75, 3.05) is 32.8 Å². The lowest BCUT2D eigenvalue weighted by Gasteiger charge is -2.43. The summed E-state index contributed by atoms with van der Waals surface area (Å²) in [6.45, 7) is 7.90. The van der Waals surface area contributed by atoms with Gasteiger partial charge in [0.1, 0.15) is 0 Å². The zero-order valence-corrected chi connectivity index (χ0v) is 19.0. The fourth-order valence-corrected chi connectivity index (χ4v) is 4.38. The van der Waals surface area contributed by atoms with E-state index < -0.39 is 0 Å². The third-order valence-corrected chi connectivity index (χ3v) is 6.03. The Morgan fingerprint density at radius 1 is 1.14 bits per heavy atom. The molecule has 1 aliphatic rings. The lowest BCUT2D eigenvalue weighted by molar-refractivity contribution is -0.146. The van der Waals surface area contributed by atoms with Crippen LogP contribution in [0.3, 0.4) is 0 Å². The first-order valence-corrected chi connectivity index (χ1v) is 11.3. The van der Waals surface area contributed by atoms with Crippen LogP contribution in [0.4, 0.5) is 0 Å². The van der Waals surface area contributed by atoms with Crippen LogP contribution in [-0.4, -0.2) is 54.6 Å². The molecule has 0 saturated carbocycles. The molecule has 2 atom stereocenters. The van der Waals surface area contributed by atoms with Crippen molar-refractivity contribution in [1.82, 2.24) is 9.80 Å². The zero-order chi connectivity index (χ0) is 20.6. The quantitative estimate of drug-likeness (QED) is 0.416. The van der Waals surface area contributed by atoms with E-state index in [1.807, 2.05) is 0 Å². The van der Waals surface area contributed by atoms with Crippen molar-refractivity contribution in [3.63, 3.8) is 0 Å². The van der Waals surface area contributed by atoms with Crippen molar-refractivity contribution >= 4 is 21.9 Å². The van der Waals surface area contributed by atoms with E-state index in [1.165, 1.54) is 11.1 Å². The van der Waals surface area contributed by atoms with Gasteiger partial charge in [-0.1, -0.05) is 71.7 Å². The fraction of sp³-hybridized carbons (Fsp3) is 0.458. The van der Waals surface area contributed by atoms with Crippen LogP contribution in [-0.2, 0) is 9.53 Å². The standard InChI is InChI=1S/C24H31BrN2O2/c1-3-4-15-29-23(28)18-26-13-14-27(17-19(26)2)24(20-9-6-5-7-10-20)21-11-8-12-22(25)16-21/h5-12,16,19,24H,3-4,13-15,17-18H2,1-2H3/t19-,24-/m1/s1. The summed E-state index contributed by atoms with van der Waals surface area (Å²) in [7, 11) is 0. The predicted molar refractivity (Wildman–Crippen MR) is 121 cm³/mol. The topological polar surface area (TPSA) is 32.8 Å². The third kappa shape index (κ3) is 6.14. The highest BCUT2D eigenvalue weighted by Crippen LogP contribution is 2.32. The highest BCUT2D eigenvalue weighted by molar-refractivity contribution is 9.10. The van der Waals surface area contributed by atoms with Crippen molar-refractivity contribution in [2.24, 2.45) is 0 Å². The van der Waals surface area contributed by atoms with Crippen LogP contribution < -0.4 is 0 Å². The van der Waals surface area contributed by atoms with Gasteiger partial charge in [-0.3, -0.25) is 14.6 Å². The summed E-state index contributed by atoms with van der Waals surface area (Å²) < 4.78 is 6.46. The second-order valence-corrected chi connectivity index (χ2v) is 8.67. The average molecular weight is 459 g/mol. The molecule has 29 heavy (non-hydrogen) atoms. The zero-order valence-electron chi connectivity index (χ0n) is 17.4. The molecular formula is C24H31BrN2O2. The molecule has 2 aromatic rings. The smallest absolute Gasteiger partial charge is 0.320 e. The first-order valence-electron chi connectivity index (χ1n) is 10.5. The number of carbonyl (C=O) groups is 1. The molecule has 0 N–H and O–H groups in total. The van der Waals surface area contributed by atoms with Gasteiger partial charge in [-0.2, -0.15) is 0 Å². The Morgan fingerprint density at radius 3 is 2.59 bits per heavy atom. The number of carbonyl (C=O) groups excluding carboxylic acids is 1. The number of benzene rings is 2. The lowest BCUT2D eigenvalue weighted by Crippen LogP contribution is -2.54.